The van der Waals surface area contributed by atoms with Crippen LogP contribution in [0.4, 0.5) is 0 Å². The van der Waals surface area contributed by atoms with Crippen LogP contribution in [0.3, 0.4) is 0 Å². The molecule has 0 aliphatic rings. The Labute approximate surface area is 106 Å². The second kappa shape index (κ2) is 6.71. The standard InChI is InChI=1S/C12H20N2O2S/c1-4-11-13-6-10(17-11)12(16)14-9(7-15)5-8(2)3/h6,8-9,15H,4-5,7H2,1-3H3,(H,14,16). The van der Waals surface area contributed by atoms with Gasteiger partial charge in [-0.2, -0.15) is 0 Å². The number of aliphatic hydroxyl groups is 1. The van der Waals surface area contributed by atoms with Gasteiger partial charge in [-0.25, -0.2) is 4.98 Å². The fourth-order valence-electron chi connectivity index (χ4n) is 1.58. The lowest BCUT2D eigenvalue weighted by atomic mass is 10.0. The summed E-state index contributed by atoms with van der Waals surface area (Å²) < 4.78 is 0. The number of nitrogens with zero attached hydrogens (tertiary/aromatic N) is 1. The van der Waals surface area contributed by atoms with E-state index in [2.05, 4.69) is 24.1 Å². The molecule has 0 saturated heterocycles. The van der Waals surface area contributed by atoms with Gasteiger partial charge in [0.25, 0.3) is 5.91 Å². The van der Waals surface area contributed by atoms with Crippen molar-refractivity contribution in [3.8, 4) is 0 Å². The molecule has 1 atom stereocenters. The molecule has 0 bridgehead atoms. The molecule has 0 saturated carbocycles. The van der Waals surface area contributed by atoms with Crippen LogP contribution in [0.15, 0.2) is 6.20 Å². The van der Waals surface area contributed by atoms with Crippen LogP contribution in [-0.2, 0) is 6.42 Å². The minimum atomic E-state index is -0.172. The quantitative estimate of drug-likeness (QED) is 0.816. The summed E-state index contributed by atoms with van der Waals surface area (Å²) in [7, 11) is 0. The number of hydrogen-bond acceptors (Lipinski definition) is 4. The molecule has 96 valence electrons. The Morgan fingerprint density at radius 1 is 1.59 bits per heavy atom. The summed E-state index contributed by atoms with van der Waals surface area (Å²) in [6.45, 7) is 6.12. The molecule has 1 aromatic heterocycles. The molecule has 0 fully saturated rings. The minimum Gasteiger partial charge on any atom is -0.394 e. The number of aromatic nitrogens is 1. The van der Waals surface area contributed by atoms with Gasteiger partial charge >= 0.3 is 0 Å². The summed E-state index contributed by atoms with van der Waals surface area (Å²) in [6, 6.07) is -0.172. The zero-order valence-corrected chi connectivity index (χ0v) is 11.4. The smallest absolute Gasteiger partial charge is 0.263 e. The summed E-state index contributed by atoms with van der Waals surface area (Å²) in [4.78, 5) is 16.6. The van der Waals surface area contributed by atoms with E-state index in [0.29, 0.717) is 10.8 Å². The molecule has 0 radical (unpaired) electrons. The third-order valence-corrected chi connectivity index (χ3v) is 3.53. The van der Waals surface area contributed by atoms with E-state index in [0.717, 1.165) is 17.8 Å². The van der Waals surface area contributed by atoms with E-state index in [1.54, 1.807) is 6.20 Å². The number of nitrogens with one attached hydrogen (secondary N) is 1. The third kappa shape index (κ3) is 4.44. The largest absolute Gasteiger partial charge is 0.394 e. The van der Waals surface area contributed by atoms with E-state index in [-0.39, 0.29) is 18.6 Å². The van der Waals surface area contributed by atoms with Gasteiger partial charge in [-0.05, 0) is 18.8 Å². The van der Waals surface area contributed by atoms with Crippen LogP contribution in [0.5, 0.6) is 0 Å². The highest BCUT2D eigenvalue weighted by molar-refractivity contribution is 7.13. The molecule has 0 aromatic carbocycles. The Balaban J connectivity index is 2.57. The number of rotatable bonds is 6. The Hall–Kier alpha value is -0.940. The van der Waals surface area contributed by atoms with E-state index in [9.17, 15) is 9.90 Å². The van der Waals surface area contributed by atoms with Gasteiger partial charge in [0.1, 0.15) is 4.88 Å². The average Bonchev–Trinajstić information content (AvgIpc) is 2.75. The Kier molecular flexibility index (Phi) is 5.58. The van der Waals surface area contributed by atoms with Crippen molar-refractivity contribution in [2.24, 2.45) is 5.92 Å². The maximum Gasteiger partial charge on any atom is 0.263 e. The lowest BCUT2D eigenvalue weighted by Gasteiger charge is -2.17. The Morgan fingerprint density at radius 2 is 2.29 bits per heavy atom. The highest BCUT2D eigenvalue weighted by Gasteiger charge is 2.16. The van der Waals surface area contributed by atoms with Crippen molar-refractivity contribution in [2.75, 3.05) is 6.61 Å². The molecule has 2 N–H and O–H groups in total. The molecule has 1 unspecified atom stereocenters. The summed E-state index contributed by atoms with van der Waals surface area (Å²) in [5.74, 6) is 0.307. The van der Waals surface area contributed by atoms with Crippen molar-refractivity contribution in [1.29, 1.82) is 0 Å². The topological polar surface area (TPSA) is 62.2 Å². The van der Waals surface area contributed by atoms with Crippen molar-refractivity contribution in [1.82, 2.24) is 10.3 Å². The highest BCUT2D eigenvalue weighted by atomic mass is 32.1. The minimum absolute atomic E-state index is 0.0244. The molecule has 4 nitrogen and oxygen atoms in total. The van der Waals surface area contributed by atoms with Crippen LogP contribution in [-0.4, -0.2) is 28.6 Å². The SMILES string of the molecule is CCc1ncc(C(=O)NC(CO)CC(C)C)s1. The first kappa shape index (κ1) is 14.1. The molecule has 5 heteroatoms. The van der Waals surface area contributed by atoms with Crippen molar-refractivity contribution < 1.29 is 9.90 Å². The van der Waals surface area contributed by atoms with Crippen LogP contribution >= 0.6 is 11.3 Å². The van der Waals surface area contributed by atoms with Crippen LogP contribution in [0.1, 0.15) is 41.9 Å². The van der Waals surface area contributed by atoms with Crippen LogP contribution in [0.2, 0.25) is 0 Å². The molecule has 0 aliphatic carbocycles. The van der Waals surface area contributed by atoms with Gasteiger partial charge in [0.2, 0.25) is 0 Å². The second-order valence-electron chi connectivity index (χ2n) is 4.45. The van der Waals surface area contributed by atoms with Crippen molar-refractivity contribution >= 4 is 17.2 Å². The van der Waals surface area contributed by atoms with Crippen LogP contribution < -0.4 is 5.32 Å². The number of aliphatic hydroxyl groups excluding tert-OH is 1. The van der Waals surface area contributed by atoms with E-state index in [1.807, 2.05) is 6.92 Å². The summed E-state index contributed by atoms with van der Waals surface area (Å²) >= 11 is 1.41. The molecule has 1 heterocycles. The molecule has 1 rings (SSSR count). The zero-order valence-electron chi connectivity index (χ0n) is 10.6. The molecule has 0 spiro atoms. The maximum absolute atomic E-state index is 11.9. The van der Waals surface area contributed by atoms with Crippen molar-refractivity contribution in [2.45, 2.75) is 39.7 Å². The van der Waals surface area contributed by atoms with Gasteiger partial charge < -0.3 is 10.4 Å². The fourth-order valence-corrected chi connectivity index (χ4v) is 2.34. The second-order valence-corrected chi connectivity index (χ2v) is 5.57. The zero-order chi connectivity index (χ0) is 12.8. The van der Waals surface area contributed by atoms with E-state index in [4.69, 9.17) is 0 Å². The Morgan fingerprint density at radius 3 is 2.76 bits per heavy atom. The first-order valence-electron chi connectivity index (χ1n) is 5.93. The molecular formula is C12H20N2O2S. The van der Waals surface area contributed by atoms with Gasteiger partial charge in [-0.3, -0.25) is 4.79 Å². The van der Waals surface area contributed by atoms with Gasteiger partial charge in [-0.15, -0.1) is 11.3 Å². The number of thiazole rings is 1. The van der Waals surface area contributed by atoms with Gasteiger partial charge in [0.15, 0.2) is 0 Å². The number of carbonyl (C=O) groups excluding carboxylic acids is 1. The molecule has 0 aliphatic heterocycles. The first-order chi connectivity index (χ1) is 8.06. The fraction of sp³-hybridized carbons (Fsp3) is 0.667. The van der Waals surface area contributed by atoms with Crippen molar-refractivity contribution in [3.63, 3.8) is 0 Å². The predicted molar refractivity (Wildman–Crippen MR) is 69.3 cm³/mol. The molecule has 1 aromatic rings. The summed E-state index contributed by atoms with van der Waals surface area (Å²) in [5, 5.41) is 13.0. The lowest BCUT2D eigenvalue weighted by Crippen LogP contribution is -2.38. The summed E-state index contributed by atoms with van der Waals surface area (Å²) in [6.07, 6.45) is 3.22. The average molecular weight is 256 g/mol. The number of carbonyl (C=O) groups is 1. The molecule has 17 heavy (non-hydrogen) atoms. The van der Waals surface area contributed by atoms with E-state index in [1.165, 1.54) is 11.3 Å². The maximum atomic E-state index is 11.9. The third-order valence-electron chi connectivity index (χ3n) is 2.39. The monoisotopic (exact) mass is 256 g/mol. The van der Waals surface area contributed by atoms with Gasteiger partial charge in [0, 0.05) is 0 Å². The first-order valence-corrected chi connectivity index (χ1v) is 6.74. The lowest BCUT2D eigenvalue weighted by molar-refractivity contribution is 0.0912. The van der Waals surface area contributed by atoms with E-state index < -0.39 is 0 Å². The van der Waals surface area contributed by atoms with Crippen molar-refractivity contribution in [3.05, 3.63) is 16.1 Å². The predicted octanol–water partition coefficient (Wildman–Crippen LogP) is 1.84. The van der Waals surface area contributed by atoms with Gasteiger partial charge in [-0.1, -0.05) is 20.8 Å². The molecular weight excluding hydrogens is 236 g/mol. The normalized spacial score (nSPS) is 12.8. The van der Waals surface area contributed by atoms with Crippen LogP contribution in [0.25, 0.3) is 0 Å². The number of aryl methyl sites for hydroxylation is 1. The number of hydrogen-bond donors (Lipinski definition) is 2. The van der Waals surface area contributed by atoms with Crippen LogP contribution in [0, 0.1) is 5.92 Å². The number of amides is 1. The van der Waals surface area contributed by atoms with Gasteiger partial charge in [0.05, 0.1) is 23.9 Å². The highest BCUT2D eigenvalue weighted by Crippen LogP contribution is 2.14. The summed E-state index contributed by atoms with van der Waals surface area (Å²) in [5.41, 5.74) is 0. The Bertz CT molecular complexity index is 363. The molecule has 1 amide bonds. The van der Waals surface area contributed by atoms with E-state index >= 15 is 0 Å².